The fraction of sp³-hybridized carbons (Fsp3) is 0.880. The summed E-state index contributed by atoms with van der Waals surface area (Å²) in [5.74, 6) is -1.14. The van der Waals surface area contributed by atoms with Crippen LogP contribution in [-0.4, -0.2) is 27.9 Å². The molecule has 0 spiro atoms. The summed E-state index contributed by atoms with van der Waals surface area (Å²) in [7, 11) is 0. The predicted octanol–water partition coefficient (Wildman–Crippen LogP) is 7.55. The number of Topliss-reactive ketones (excluding diaryl/α,β-unsaturated/α-hetero) is 1. The number of carbonyl (C=O) groups excluding carboxylic acids is 1. The number of ketones is 1. The summed E-state index contributed by atoms with van der Waals surface area (Å²) in [5, 5.41) is 16.8. The highest BCUT2D eigenvalue weighted by Crippen LogP contribution is 2.10. The monoisotopic (exact) mass is 428 g/mol. The number of rotatable bonds is 21. The summed E-state index contributed by atoms with van der Waals surface area (Å²) in [6.45, 7) is 4.40. The lowest BCUT2D eigenvalue weighted by Gasteiger charge is -2.00. The van der Waals surface area contributed by atoms with Crippen LogP contribution < -0.4 is 0 Å². The van der Waals surface area contributed by atoms with Crippen LogP contribution in [0.15, 0.2) is 0 Å². The summed E-state index contributed by atoms with van der Waals surface area (Å²) in [6.07, 6.45) is 20.1. The Morgan fingerprint density at radius 1 is 0.433 bits per heavy atom. The van der Waals surface area contributed by atoms with Gasteiger partial charge in [0.15, 0.2) is 0 Å². The van der Waals surface area contributed by atoms with Gasteiger partial charge in [-0.3, -0.25) is 14.4 Å². The number of aliphatic carboxylic acids is 2. The molecule has 0 radical (unpaired) electrons. The molecule has 0 atom stereocenters. The smallest absolute Gasteiger partial charge is 0.303 e. The van der Waals surface area contributed by atoms with Crippen molar-refractivity contribution in [3.63, 3.8) is 0 Å². The zero-order valence-corrected chi connectivity index (χ0v) is 19.8. The first-order valence-electron chi connectivity index (χ1n) is 12.4. The largest absolute Gasteiger partial charge is 0.481 e. The molecule has 5 nitrogen and oxygen atoms in total. The number of hydrogen-bond donors (Lipinski definition) is 2. The Balaban J connectivity index is 0. The molecule has 5 heteroatoms. The van der Waals surface area contributed by atoms with Crippen LogP contribution in [0.1, 0.15) is 142 Å². The zero-order chi connectivity index (χ0) is 22.9. The van der Waals surface area contributed by atoms with E-state index in [1.165, 1.54) is 64.2 Å². The molecule has 0 heterocycles. The van der Waals surface area contributed by atoms with E-state index < -0.39 is 11.9 Å². The summed E-state index contributed by atoms with van der Waals surface area (Å²) in [5.41, 5.74) is 0. The van der Waals surface area contributed by atoms with E-state index in [0.29, 0.717) is 31.5 Å². The SMILES string of the molecule is CCCCCCCC(=O)CCCCC(=O)O.CCCCCCCCCCCC(=O)O. The average Bonchev–Trinajstić information content (AvgIpc) is 2.70. The number of carboxylic acids is 2. The van der Waals surface area contributed by atoms with E-state index in [1.54, 1.807) is 0 Å². The second-order valence-electron chi connectivity index (χ2n) is 8.28. The van der Waals surface area contributed by atoms with E-state index in [0.717, 1.165) is 32.1 Å². The van der Waals surface area contributed by atoms with Gasteiger partial charge in [-0.1, -0.05) is 90.9 Å². The summed E-state index contributed by atoms with van der Waals surface area (Å²) >= 11 is 0. The van der Waals surface area contributed by atoms with Gasteiger partial charge >= 0.3 is 11.9 Å². The number of hydrogen-bond acceptors (Lipinski definition) is 3. The van der Waals surface area contributed by atoms with Crippen molar-refractivity contribution in [1.82, 2.24) is 0 Å². The van der Waals surface area contributed by atoms with Gasteiger partial charge in [0, 0.05) is 25.7 Å². The fourth-order valence-electron chi connectivity index (χ4n) is 3.24. The first kappa shape index (κ1) is 30.8. The first-order valence-corrected chi connectivity index (χ1v) is 12.4. The van der Waals surface area contributed by atoms with Crippen LogP contribution in [0.2, 0.25) is 0 Å². The van der Waals surface area contributed by atoms with Gasteiger partial charge in [0.25, 0.3) is 0 Å². The van der Waals surface area contributed by atoms with Crippen LogP contribution in [-0.2, 0) is 14.4 Å². The van der Waals surface area contributed by atoms with Crippen LogP contribution in [0.5, 0.6) is 0 Å². The van der Waals surface area contributed by atoms with Crippen molar-refractivity contribution in [2.75, 3.05) is 0 Å². The zero-order valence-electron chi connectivity index (χ0n) is 19.8. The standard InChI is InChI=1S/C13H24O3.C12H24O2/c1-2-3-4-5-6-9-12(14)10-7-8-11-13(15)16;1-2-3-4-5-6-7-8-9-10-11-12(13)14/h2-11H2,1H3,(H,15,16);2-11H2,1H3,(H,13,14). The van der Waals surface area contributed by atoms with Crippen molar-refractivity contribution in [2.24, 2.45) is 0 Å². The molecule has 0 aliphatic rings. The summed E-state index contributed by atoms with van der Waals surface area (Å²) < 4.78 is 0. The van der Waals surface area contributed by atoms with Gasteiger partial charge in [-0.2, -0.15) is 0 Å². The molecule has 0 aromatic rings. The molecule has 0 rings (SSSR count). The molecule has 0 fully saturated rings. The van der Waals surface area contributed by atoms with Crippen molar-refractivity contribution < 1.29 is 24.6 Å². The fourth-order valence-corrected chi connectivity index (χ4v) is 3.24. The Labute approximate surface area is 185 Å². The summed E-state index contributed by atoms with van der Waals surface area (Å²) in [6, 6.07) is 0. The molecule has 0 aromatic carbocycles. The molecule has 2 N–H and O–H groups in total. The van der Waals surface area contributed by atoms with E-state index in [2.05, 4.69) is 13.8 Å². The molecule has 0 aliphatic heterocycles. The van der Waals surface area contributed by atoms with Crippen LogP contribution in [0.4, 0.5) is 0 Å². The number of carboxylic acid groups (broad SMARTS) is 2. The highest BCUT2D eigenvalue weighted by atomic mass is 16.4. The van der Waals surface area contributed by atoms with Crippen LogP contribution in [0.25, 0.3) is 0 Å². The highest BCUT2D eigenvalue weighted by molar-refractivity contribution is 5.78. The Morgan fingerprint density at radius 3 is 1.07 bits per heavy atom. The molecule has 0 aromatic heterocycles. The van der Waals surface area contributed by atoms with Crippen LogP contribution >= 0.6 is 0 Å². The van der Waals surface area contributed by atoms with Gasteiger partial charge in [-0.25, -0.2) is 0 Å². The van der Waals surface area contributed by atoms with E-state index >= 15 is 0 Å². The van der Waals surface area contributed by atoms with Crippen molar-refractivity contribution >= 4 is 17.7 Å². The molecule has 178 valence electrons. The minimum Gasteiger partial charge on any atom is -0.481 e. The highest BCUT2D eigenvalue weighted by Gasteiger charge is 2.03. The Kier molecular flexibility index (Phi) is 26.3. The maximum Gasteiger partial charge on any atom is 0.303 e. The van der Waals surface area contributed by atoms with E-state index in [1.807, 2.05) is 0 Å². The first-order chi connectivity index (χ1) is 14.4. The Bertz CT molecular complexity index is 406. The molecule has 0 saturated heterocycles. The van der Waals surface area contributed by atoms with E-state index in [4.69, 9.17) is 10.2 Å². The van der Waals surface area contributed by atoms with E-state index in [9.17, 15) is 14.4 Å². The lowest BCUT2D eigenvalue weighted by molar-refractivity contribution is -0.138. The van der Waals surface area contributed by atoms with Crippen LogP contribution in [0, 0.1) is 0 Å². The van der Waals surface area contributed by atoms with Gasteiger partial charge in [0.05, 0.1) is 0 Å². The maximum atomic E-state index is 11.4. The van der Waals surface area contributed by atoms with E-state index in [-0.39, 0.29) is 6.42 Å². The second kappa shape index (κ2) is 25.6. The Hall–Kier alpha value is -1.39. The minimum atomic E-state index is -0.771. The molecule has 0 amide bonds. The average molecular weight is 429 g/mol. The molecular weight excluding hydrogens is 380 g/mol. The third-order valence-electron chi connectivity index (χ3n) is 5.15. The van der Waals surface area contributed by atoms with Crippen LogP contribution in [0.3, 0.4) is 0 Å². The number of unbranched alkanes of at least 4 members (excludes halogenated alkanes) is 13. The lowest BCUT2D eigenvalue weighted by Crippen LogP contribution is -1.99. The molecule has 0 bridgehead atoms. The third-order valence-corrected chi connectivity index (χ3v) is 5.15. The lowest BCUT2D eigenvalue weighted by atomic mass is 10.0. The topological polar surface area (TPSA) is 91.7 Å². The van der Waals surface area contributed by atoms with Gasteiger partial charge in [-0.05, 0) is 25.7 Å². The molecule has 0 aliphatic carbocycles. The molecule has 0 unspecified atom stereocenters. The quantitative estimate of drug-likeness (QED) is 0.184. The van der Waals surface area contributed by atoms with Crippen molar-refractivity contribution in [1.29, 1.82) is 0 Å². The van der Waals surface area contributed by atoms with Gasteiger partial charge in [0.2, 0.25) is 0 Å². The number of carbonyl (C=O) groups is 3. The minimum absolute atomic E-state index is 0.184. The summed E-state index contributed by atoms with van der Waals surface area (Å²) in [4.78, 5) is 31.8. The third kappa shape index (κ3) is 31.3. The van der Waals surface area contributed by atoms with Gasteiger partial charge < -0.3 is 10.2 Å². The van der Waals surface area contributed by atoms with Crippen molar-refractivity contribution in [2.45, 2.75) is 142 Å². The molecule has 30 heavy (non-hydrogen) atoms. The predicted molar refractivity (Wildman–Crippen MR) is 124 cm³/mol. The molecular formula is C25H48O5. The maximum absolute atomic E-state index is 11.4. The van der Waals surface area contributed by atoms with Crippen molar-refractivity contribution in [3.05, 3.63) is 0 Å². The Morgan fingerprint density at radius 2 is 0.700 bits per heavy atom. The van der Waals surface area contributed by atoms with Gasteiger partial charge in [0.1, 0.15) is 5.78 Å². The normalized spacial score (nSPS) is 10.3. The second-order valence-corrected chi connectivity index (χ2v) is 8.28. The van der Waals surface area contributed by atoms with Crippen molar-refractivity contribution in [3.8, 4) is 0 Å². The van der Waals surface area contributed by atoms with Gasteiger partial charge in [-0.15, -0.1) is 0 Å². The molecule has 0 saturated carbocycles.